The third-order valence-corrected chi connectivity index (χ3v) is 2.17. The quantitative estimate of drug-likeness (QED) is 0.614. The molecule has 0 saturated heterocycles. The number of amidine groups is 1. The van der Waals surface area contributed by atoms with Crippen LogP contribution in [0.15, 0.2) is 24.3 Å². The van der Waals surface area contributed by atoms with E-state index >= 15 is 0 Å². The van der Waals surface area contributed by atoms with Crippen LogP contribution in [-0.4, -0.2) is 30.5 Å². The molecule has 0 atom stereocenters. The molecule has 4 nitrogen and oxygen atoms in total. The van der Waals surface area contributed by atoms with Gasteiger partial charge in [0.15, 0.2) is 0 Å². The fourth-order valence-corrected chi connectivity index (χ4v) is 1.30. The predicted molar refractivity (Wildman–Crippen MR) is 62.8 cm³/mol. The molecule has 86 valence electrons. The highest BCUT2D eigenvalue weighted by Gasteiger charge is 2.15. The maximum atomic E-state index is 11.4. The van der Waals surface area contributed by atoms with Crippen molar-refractivity contribution < 1.29 is 9.53 Å². The molecule has 0 fully saturated rings. The summed E-state index contributed by atoms with van der Waals surface area (Å²) in [7, 11) is 1.53. The van der Waals surface area contributed by atoms with Gasteiger partial charge in [-0.25, -0.2) is 4.79 Å². The van der Waals surface area contributed by atoms with Crippen molar-refractivity contribution in [1.29, 1.82) is 5.41 Å². The molecule has 0 bridgehead atoms. The zero-order valence-electron chi connectivity index (χ0n) is 9.78. The molecule has 0 aliphatic rings. The van der Waals surface area contributed by atoms with E-state index in [-0.39, 0.29) is 5.84 Å². The van der Waals surface area contributed by atoms with E-state index in [1.807, 2.05) is 25.1 Å². The molecule has 1 amide bonds. The van der Waals surface area contributed by atoms with Gasteiger partial charge in [0.05, 0.1) is 6.61 Å². The van der Waals surface area contributed by atoms with Gasteiger partial charge in [0.25, 0.3) is 0 Å². The van der Waals surface area contributed by atoms with Gasteiger partial charge in [0.1, 0.15) is 5.84 Å². The lowest BCUT2D eigenvalue weighted by atomic mass is 10.1. The highest BCUT2D eigenvalue weighted by atomic mass is 16.6. The summed E-state index contributed by atoms with van der Waals surface area (Å²) in [6, 6.07) is 7.46. The Morgan fingerprint density at radius 3 is 2.75 bits per heavy atom. The molecule has 0 saturated carbocycles. The van der Waals surface area contributed by atoms with Crippen LogP contribution in [0.25, 0.3) is 0 Å². The van der Waals surface area contributed by atoms with Crippen molar-refractivity contribution in [2.45, 2.75) is 13.8 Å². The highest BCUT2D eigenvalue weighted by molar-refractivity contribution is 6.04. The van der Waals surface area contributed by atoms with Gasteiger partial charge >= 0.3 is 6.09 Å². The second kappa shape index (κ2) is 5.30. The van der Waals surface area contributed by atoms with Crippen LogP contribution in [0.2, 0.25) is 0 Å². The van der Waals surface area contributed by atoms with E-state index in [2.05, 4.69) is 0 Å². The molecule has 0 spiro atoms. The van der Waals surface area contributed by atoms with Crippen molar-refractivity contribution in [3.63, 3.8) is 0 Å². The number of nitrogens with zero attached hydrogens (tertiary/aromatic N) is 1. The molecule has 0 aliphatic heterocycles. The van der Waals surface area contributed by atoms with Crippen molar-refractivity contribution in [3.8, 4) is 0 Å². The first-order valence-electron chi connectivity index (χ1n) is 5.12. The van der Waals surface area contributed by atoms with E-state index in [9.17, 15) is 4.79 Å². The zero-order valence-corrected chi connectivity index (χ0v) is 9.78. The summed E-state index contributed by atoms with van der Waals surface area (Å²) in [4.78, 5) is 12.6. The zero-order chi connectivity index (χ0) is 12.1. The fourth-order valence-electron chi connectivity index (χ4n) is 1.30. The first-order valence-corrected chi connectivity index (χ1v) is 5.12. The average molecular weight is 220 g/mol. The van der Waals surface area contributed by atoms with Crippen molar-refractivity contribution >= 4 is 11.9 Å². The van der Waals surface area contributed by atoms with E-state index in [0.29, 0.717) is 12.2 Å². The number of nitrogens with one attached hydrogen (secondary N) is 1. The molecule has 1 aromatic rings. The molecular formula is C12H16N2O2. The van der Waals surface area contributed by atoms with Crippen LogP contribution in [0, 0.1) is 12.3 Å². The second-order valence-corrected chi connectivity index (χ2v) is 3.48. The standard InChI is InChI=1S/C12H16N2O2/c1-4-16-12(15)14(3)11(13)10-7-5-6-9(2)8-10/h5-8,13H,4H2,1-3H3. The van der Waals surface area contributed by atoms with Crippen LogP contribution in [0.1, 0.15) is 18.1 Å². The van der Waals surface area contributed by atoms with Crippen LogP contribution >= 0.6 is 0 Å². The molecule has 1 aromatic carbocycles. The molecule has 0 heterocycles. The Kier molecular flexibility index (Phi) is 4.05. The van der Waals surface area contributed by atoms with Crippen LogP contribution in [-0.2, 0) is 4.74 Å². The summed E-state index contributed by atoms with van der Waals surface area (Å²) in [5, 5.41) is 7.87. The van der Waals surface area contributed by atoms with Gasteiger partial charge in [0.2, 0.25) is 0 Å². The number of aryl methyl sites for hydroxylation is 1. The Labute approximate surface area is 95.3 Å². The Balaban J connectivity index is 2.82. The first kappa shape index (κ1) is 12.2. The number of hydrogen-bond donors (Lipinski definition) is 1. The van der Waals surface area contributed by atoms with Crippen LogP contribution in [0.3, 0.4) is 0 Å². The Bertz CT molecular complexity index is 402. The predicted octanol–water partition coefficient (Wildman–Crippen LogP) is 2.41. The van der Waals surface area contributed by atoms with Gasteiger partial charge in [-0.05, 0) is 19.9 Å². The number of ether oxygens (including phenoxy) is 1. The third-order valence-electron chi connectivity index (χ3n) is 2.17. The third kappa shape index (κ3) is 2.82. The molecule has 1 rings (SSSR count). The van der Waals surface area contributed by atoms with E-state index in [0.717, 1.165) is 5.56 Å². The molecule has 0 aromatic heterocycles. The maximum absolute atomic E-state index is 11.4. The van der Waals surface area contributed by atoms with E-state index in [1.54, 1.807) is 13.0 Å². The smallest absolute Gasteiger partial charge is 0.415 e. The summed E-state index contributed by atoms with van der Waals surface area (Å²) < 4.78 is 4.82. The van der Waals surface area contributed by atoms with Crippen molar-refractivity contribution in [1.82, 2.24) is 4.90 Å². The summed E-state index contributed by atoms with van der Waals surface area (Å²) in [5.41, 5.74) is 1.76. The van der Waals surface area contributed by atoms with Crippen LogP contribution < -0.4 is 0 Å². The SMILES string of the molecule is CCOC(=O)N(C)C(=N)c1cccc(C)c1. The number of carbonyl (C=O) groups is 1. The summed E-state index contributed by atoms with van der Waals surface area (Å²) in [6.45, 7) is 3.99. The van der Waals surface area contributed by atoms with Crippen LogP contribution in [0.5, 0.6) is 0 Å². The van der Waals surface area contributed by atoms with Crippen molar-refractivity contribution in [2.75, 3.05) is 13.7 Å². The van der Waals surface area contributed by atoms with E-state index in [1.165, 1.54) is 11.9 Å². The van der Waals surface area contributed by atoms with E-state index < -0.39 is 6.09 Å². The molecule has 0 aliphatic carbocycles. The number of amides is 1. The molecule has 16 heavy (non-hydrogen) atoms. The van der Waals surface area contributed by atoms with E-state index in [4.69, 9.17) is 10.1 Å². The normalized spacial score (nSPS) is 9.69. The molecule has 1 N–H and O–H groups in total. The minimum absolute atomic E-state index is 0.141. The number of hydrogen-bond acceptors (Lipinski definition) is 3. The maximum Gasteiger partial charge on any atom is 0.415 e. The van der Waals surface area contributed by atoms with Gasteiger partial charge in [-0.1, -0.05) is 23.8 Å². The van der Waals surface area contributed by atoms with Gasteiger partial charge in [-0.3, -0.25) is 10.3 Å². The van der Waals surface area contributed by atoms with Gasteiger partial charge < -0.3 is 4.74 Å². The number of rotatable bonds is 2. The Morgan fingerprint density at radius 1 is 1.50 bits per heavy atom. The summed E-state index contributed by atoms with van der Waals surface area (Å²) in [5.74, 6) is 0.141. The molecular weight excluding hydrogens is 204 g/mol. The largest absolute Gasteiger partial charge is 0.449 e. The molecule has 0 unspecified atom stereocenters. The van der Waals surface area contributed by atoms with Crippen molar-refractivity contribution in [3.05, 3.63) is 35.4 Å². The first-order chi connectivity index (χ1) is 7.56. The molecule has 4 heteroatoms. The van der Waals surface area contributed by atoms with Gasteiger partial charge in [-0.15, -0.1) is 0 Å². The Morgan fingerprint density at radius 2 is 2.19 bits per heavy atom. The Hall–Kier alpha value is -1.84. The minimum Gasteiger partial charge on any atom is -0.449 e. The number of carbonyl (C=O) groups excluding carboxylic acids is 1. The average Bonchev–Trinajstić information content (AvgIpc) is 2.27. The van der Waals surface area contributed by atoms with Gasteiger partial charge in [-0.2, -0.15) is 0 Å². The van der Waals surface area contributed by atoms with Gasteiger partial charge in [0, 0.05) is 12.6 Å². The lowest BCUT2D eigenvalue weighted by Gasteiger charge is -2.17. The minimum atomic E-state index is -0.506. The monoisotopic (exact) mass is 220 g/mol. The summed E-state index contributed by atoms with van der Waals surface area (Å²) >= 11 is 0. The lowest BCUT2D eigenvalue weighted by molar-refractivity contribution is 0.133. The topological polar surface area (TPSA) is 53.4 Å². The second-order valence-electron chi connectivity index (χ2n) is 3.48. The molecule has 0 radical (unpaired) electrons. The van der Waals surface area contributed by atoms with Crippen LogP contribution in [0.4, 0.5) is 4.79 Å². The lowest BCUT2D eigenvalue weighted by Crippen LogP contribution is -2.33. The summed E-state index contributed by atoms with van der Waals surface area (Å²) in [6.07, 6.45) is -0.506. The highest BCUT2D eigenvalue weighted by Crippen LogP contribution is 2.07. The fraction of sp³-hybridized carbons (Fsp3) is 0.333. The van der Waals surface area contributed by atoms with Crippen molar-refractivity contribution in [2.24, 2.45) is 0 Å². The number of benzene rings is 1.